The number of rotatable bonds is 2. The Hall–Kier alpha value is -2.81. The number of benzene rings is 1. The predicted octanol–water partition coefficient (Wildman–Crippen LogP) is 1.28. The minimum absolute atomic E-state index is 0.00141. The highest BCUT2D eigenvalue weighted by atomic mass is 16.1. The first-order valence-electron chi connectivity index (χ1n) is 5.73. The summed E-state index contributed by atoms with van der Waals surface area (Å²) in [7, 11) is 0. The molecule has 0 amide bonds. The van der Waals surface area contributed by atoms with Crippen LogP contribution < -0.4 is 0 Å². The lowest BCUT2D eigenvalue weighted by molar-refractivity contribution is -0.116. The number of hydrogen-bond donors (Lipinski definition) is 0. The first-order chi connectivity index (χ1) is 9.22. The molecule has 0 unspecified atom stereocenters. The van der Waals surface area contributed by atoms with Crippen LogP contribution in [0.1, 0.15) is 18.1 Å². The highest BCUT2D eigenvalue weighted by Gasteiger charge is 2.17. The van der Waals surface area contributed by atoms with Crippen molar-refractivity contribution in [2.24, 2.45) is 0 Å². The Bertz CT molecular complexity index is 843. The van der Waals surface area contributed by atoms with Crippen molar-refractivity contribution in [3.63, 3.8) is 0 Å². The van der Waals surface area contributed by atoms with E-state index in [0.29, 0.717) is 16.8 Å². The molecule has 0 fully saturated rings. The molecule has 3 aromatic rings. The molecule has 6 nitrogen and oxygen atoms in total. The number of nitrogens with zero attached hydrogens (tertiary/aromatic N) is 5. The summed E-state index contributed by atoms with van der Waals surface area (Å²) in [6.45, 7) is 1.50. The molecule has 0 spiro atoms. The van der Waals surface area contributed by atoms with Crippen molar-refractivity contribution in [3.05, 3.63) is 35.4 Å². The van der Waals surface area contributed by atoms with Gasteiger partial charge in [0.1, 0.15) is 17.4 Å². The average molecular weight is 251 g/mol. The van der Waals surface area contributed by atoms with E-state index in [4.69, 9.17) is 0 Å². The van der Waals surface area contributed by atoms with Crippen molar-refractivity contribution in [2.75, 3.05) is 0 Å². The lowest BCUT2D eigenvalue weighted by Crippen LogP contribution is -2.05. The largest absolute Gasteiger partial charge is 0.300 e. The average Bonchev–Trinajstić information content (AvgIpc) is 2.88. The van der Waals surface area contributed by atoms with E-state index < -0.39 is 0 Å². The minimum Gasteiger partial charge on any atom is -0.300 e. The molecule has 6 heteroatoms. The molecule has 0 aliphatic heterocycles. The third kappa shape index (κ3) is 1.64. The van der Waals surface area contributed by atoms with Crippen LogP contribution >= 0.6 is 0 Å². The van der Waals surface area contributed by atoms with Crippen molar-refractivity contribution in [1.82, 2.24) is 20.0 Å². The smallest absolute Gasteiger partial charge is 0.197 e. The second kappa shape index (κ2) is 4.14. The summed E-state index contributed by atoms with van der Waals surface area (Å²) in [5, 5.41) is 21.5. The van der Waals surface area contributed by atoms with Crippen molar-refractivity contribution in [3.8, 4) is 6.07 Å². The quantitative estimate of drug-likeness (QED) is 0.685. The number of hydrogen-bond acceptors (Lipinski definition) is 5. The molecular formula is C13H9N5O. The first-order valence-corrected chi connectivity index (χ1v) is 5.73. The maximum atomic E-state index is 11.4. The van der Waals surface area contributed by atoms with Crippen LogP contribution in [0.5, 0.6) is 0 Å². The van der Waals surface area contributed by atoms with Crippen LogP contribution in [0.2, 0.25) is 0 Å². The maximum absolute atomic E-state index is 11.4. The Balaban J connectivity index is 2.54. The van der Waals surface area contributed by atoms with E-state index in [2.05, 4.69) is 21.6 Å². The maximum Gasteiger partial charge on any atom is 0.197 e. The number of carbonyl (C=O) groups is 1. The molecule has 2 aromatic heterocycles. The van der Waals surface area contributed by atoms with Gasteiger partial charge in [0, 0.05) is 11.8 Å². The van der Waals surface area contributed by atoms with Gasteiger partial charge < -0.3 is 0 Å². The van der Waals surface area contributed by atoms with Crippen molar-refractivity contribution < 1.29 is 4.79 Å². The van der Waals surface area contributed by atoms with Crippen LogP contribution in [-0.2, 0) is 11.2 Å². The fraction of sp³-hybridized carbons (Fsp3) is 0.154. The highest BCUT2D eigenvalue weighted by Crippen LogP contribution is 2.25. The third-order valence-corrected chi connectivity index (χ3v) is 2.99. The minimum atomic E-state index is -0.00141. The highest BCUT2D eigenvalue weighted by molar-refractivity contribution is 5.92. The van der Waals surface area contributed by atoms with Gasteiger partial charge in [-0.1, -0.05) is 18.2 Å². The molecule has 19 heavy (non-hydrogen) atoms. The molecule has 3 rings (SSSR count). The van der Waals surface area contributed by atoms with Crippen molar-refractivity contribution in [1.29, 1.82) is 5.26 Å². The lowest BCUT2D eigenvalue weighted by atomic mass is 9.99. The Morgan fingerprint density at radius 3 is 2.95 bits per heavy atom. The van der Waals surface area contributed by atoms with E-state index in [1.54, 1.807) is 0 Å². The van der Waals surface area contributed by atoms with Crippen LogP contribution in [0.15, 0.2) is 24.3 Å². The van der Waals surface area contributed by atoms with Gasteiger partial charge in [-0.05, 0) is 29.0 Å². The SMILES string of the molecule is CC(=O)Cc1c(C#N)c2nnnn2c2ccccc12. The van der Waals surface area contributed by atoms with Gasteiger partial charge in [-0.3, -0.25) is 4.79 Å². The third-order valence-electron chi connectivity index (χ3n) is 2.99. The Morgan fingerprint density at radius 1 is 1.42 bits per heavy atom. The van der Waals surface area contributed by atoms with Gasteiger partial charge in [0.25, 0.3) is 0 Å². The standard InChI is InChI=1S/C13H9N5O/c1-8(19)6-10-9-4-2-3-5-12(9)18-13(11(10)7-14)15-16-17-18/h2-5H,6H2,1H3. The van der Waals surface area contributed by atoms with E-state index in [9.17, 15) is 10.1 Å². The normalized spacial score (nSPS) is 10.7. The summed E-state index contributed by atoms with van der Waals surface area (Å²) < 4.78 is 1.53. The number of para-hydroxylation sites is 1. The zero-order valence-corrected chi connectivity index (χ0v) is 10.2. The molecule has 0 N–H and O–H groups in total. The molecule has 0 saturated heterocycles. The van der Waals surface area contributed by atoms with E-state index in [0.717, 1.165) is 10.9 Å². The predicted molar refractivity (Wildman–Crippen MR) is 67.4 cm³/mol. The topological polar surface area (TPSA) is 83.9 Å². The lowest BCUT2D eigenvalue weighted by Gasteiger charge is -2.08. The molecule has 0 bridgehead atoms. The van der Waals surface area contributed by atoms with E-state index in [1.165, 1.54) is 11.4 Å². The summed E-state index contributed by atoms with van der Waals surface area (Å²) in [5.74, 6) is -0.00141. The van der Waals surface area contributed by atoms with Gasteiger partial charge in [0.15, 0.2) is 5.65 Å². The van der Waals surface area contributed by atoms with Crippen molar-refractivity contribution >= 4 is 22.3 Å². The van der Waals surface area contributed by atoms with Crippen molar-refractivity contribution in [2.45, 2.75) is 13.3 Å². The number of fused-ring (bicyclic) bond motifs is 3. The summed E-state index contributed by atoms with van der Waals surface area (Å²) in [4.78, 5) is 11.4. The molecule has 0 aliphatic rings. The summed E-state index contributed by atoms with van der Waals surface area (Å²) in [6, 6.07) is 9.57. The fourth-order valence-corrected chi connectivity index (χ4v) is 2.24. The molecule has 0 atom stereocenters. The monoisotopic (exact) mass is 251 g/mol. The number of pyridine rings is 1. The number of ketones is 1. The van der Waals surface area contributed by atoms with Gasteiger partial charge in [-0.2, -0.15) is 9.78 Å². The zero-order valence-electron chi connectivity index (χ0n) is 10.2. The molecule has 1 aromatic carbocycles. The van der Waals surface area contributed by atoms with Crippen LogP contribution in [0, 0.1) is 11.3 Å². The molecule has 0 radical (unpaired) electrons. The van der Waals surface area contributed by atoms with E-state index in [-0.39, 0.29) is 12.2 Å². The Labute approximate surface area is 108 Å². The number of carbonyl (C=O) groups excluding carboxylic acids is 1. The molecule has 0 aliphatic carbocycles. The van der Waals surface area contributed by atoms with Gasteiger partial charge in [-0.15, -0.1) is 5.10 Å². The summed E-state index contributed by atoms with van der Waals surface area (Å²) in [5.41, 5.74) is 2.22. The second-order valence-corrected chi connectivity index (χ2v) is 4.28. The molecule has 2 heterocycles. The Morgan fingerprint density at radius 2 is 2.21 bits per heavy atom. The summed E-state index contributed by atoms with van der Waals surface area (Å²) in [6.07, 6.45) is 0.201. The number of nitriles is 1. The fourth-order valence-electron chi connectivity index (χ4n) is 2.24. The number of Topliss-reactive ketones (excluding diaryl/α,β-unsaturated/α-hetero) is 1. The first kappa shape index (κ1) is 11.3. The van der Waals surface area contributed by atoms with Gasteiger partial charge >= 0.3 is 0 Å². The van der Waals surface area contributed by atoms with Gasteiger partial charge in [-0.25, -0.2) is 0 Å². The second-order valence-electron chi connectivity index (χ2n) is 4.28. The van der Waals surface area contributed by atoms with E-state index in [1.807, 2.05) is 24.3 Å². The molecule has 0 saturated carbocycles. The number of tetrazole rings is 1. The molecular weight excluding hydrogens is 242 g/mol. The van der Waals surface area contributed by atoms with Gasteiger partial charge in [0.2, 0.25) is 0 Å². The van der Waals surface area contributed by atoms with Crippen LogP contribution in [0.4, 0.5) is 0 Å². The Kier molecular flexibility index (Phi) is 2.46. The van der Waals surface area contributed by atoms with Gasteiger partial charge in [0.05, 0.1) is 5.52 Å². The van der Waals surface area contributed by atoms with E-state index >= 15 is 0 Å². The number of aromatic nitrogens is 4. The van der Waals surface area contributed by atoms with Crippen LogP contribution in [0.25, 0.3) is 16.6 Å². The van der Waals surface area contributed by atoms with Crippen LogP contribution in [-0.4, -0.2) is 25.8 Å². The summed E-state index contributed by atoms with van der Waals surface area (Å²) >= 11 is 0. The van der Waals surface area contributed by atoms with Crippen LogP contribution in [0.3, 0.4) is 0 Å². The zero-order chi connectivity index (χ0) is 13.4. The molecule has 92 valence electrons.